The lowest BCUT2D eigenvalue weighted by molar-refractivity contribution is 0.143. The Hall–Kier alpha value is -0.0800. The topological polar surface area (TPSA) is 52.0 Å². The van der Waals surface area contributed by atoms with Crippen molar-refractivity contribution in [2.24, 2.45) is 29.2 Å². The van der Waals surface area contributed by atoms with Crippen molar-refractivity contribution < 1.29 is 0 Å². The molecule has 0 amide bonds. The summed E-state index contributed by atoms with van der Waals surface area (Å²) in [5.74, 6) is 1.34. The van der Waals surface area contributed by atoms with Crippen molar-refractivity contribution >= 4 is 0 Å². The van der Waals surface area contributed by atoms with Crippen molar-refractivity contribution in [1.82, 2.24) is 0 Å². The molecule has 0 saturated carbocycles. The molecule has 0 rings (SSSR count). The third-order valence-electron chi connectivity index (χ3n) is 3.32. The van der Waals surface area contributed by atoms with E-state index < -0.39 is 5.66 Å². The first-order valence-corrected chi connectivity index (χ1v) is 5.91. The molecule has 0 spiro atoms. The molecule has 0 aromatic heterocycles. The smallest absolute Gasteiger partial charge is 0.0691 e. The molecule has 0 aliphatic rings. The van der Waals surface area contributed by atoms with E-state index in [2.05, 4.69) is 34.6 Å². The van der Waals surface area contributed by atoms with E-state index in [1.807, 2.05) is 0 Å². The van der Waals surface area contributed by atoms with E-state index in [4.69, 9.17) is 11.5 Å². The van der Waals surface area contributed by atoms with Crippen LogP contribution in [0.2, 0.25) is 0 Å². The van der Waals surface area contributed by atoms with Crippen LogP contribution in [0.3, 0.4) is 0 Å². The second kappa shape index (κ2) is 5.72. The quantitative estimate of drug-likeness (QED) is 0.648. The Morgan fingerprint density at radius 2 is 1.57 bits per heavy atom. The molecule has 0 radical (unpaired) electrons. The zero-order valence-electron chi connectivity index (χ0n) is 10.5. The van der Waals surface area contributed by atoms with Crippen LogP contribution in [0.4, 0.5) is 0 Å². The minimum Gasteiger partial charge on any atom is -0.313 e. The largest absolute Gasteiger partial charge is 0.313 e. The fourth-order valence-corrected chi connectivity index (χ4v) is 2.01. The lowest BCUT2D eigenvalue weighted by atomic mass is 9.75. The maximum Gasteiger partial charge on any atom is 0.0691 e. The van der Waals surface area contributed by atoms with Crippen LogP contribution in [0, 0.1) is 17.8 Å². The highest BCUT2D eigenvalue weighted by molar-refractivity contribution is 4.89. The van der Waals surface area contributed by atoms with Gasteiger partial charge in [-0.25, -0.2) is 0 Å². The highest BCUT2D eigenvalue weighted by Gasteiger charge is 2.35. The molecule has 0 bridgehead atoms. The van der Waals surface area contributed by atoms with Crippen molar-refractivity contribution in [2.75, 3.05) is 0 Å². The molecule has 1 unspecified atom stereocenters. The lowest BCUT2D eigenvalue weighted by Crippen LogP contribution is -2.60. The van der Waals surface area contributed by atoms with Gasteiger partial charge < -0.3 is 11.5 Å². The summed E-state index contributed by atoms with van der Waals surface area (Å²) in [4.78, 5) is 0. The van der Waals surface area contributed by atoms with Crippen molar-refractivity contribution in [3.8, 4) is 0 Å². The summed E-state index contributed by atoms with van der Waals surface area (Å²) in [6.45, 7) is 10.9. The molecule has 2 nitrogen and oxygen atoms in total. The van der Waals surface area contributed by atoms with Gasteiger partial charge >= 0.3 is 0 Å². The molecule has 0 aliphatic carbocycles. The molecule has 1 atom stereocenters. The highest BCUT2D eigenvalue weighted by atomic mass is 15.0. The monoisotopic (exact) mass is 200 g/mol. The molecule has 86 valence electrons. The maximum atomic E-state index is 6.22. The third kappa shape index (κ3) is 3.58. The normalized spacial score (nSPS) is 15.2. The third-order valence-corrected chi connectivity index (χ3v) is 3.32. The van der Waals surface area contributed by atoms with Crippen LogP contribution in [-0.4, -0.2) is 5.66 Å². The number of nitrogens with two attached hydrogens (primary N) is 2. The number of hydrogen-bond acceptors (Lipinski definition) is 2. The summed E-state index contributed by atoms with van der Waals surface area (Å²) in [5.41, 5.74) is 11.9. The van der Waals surface area contributed by atoms with Crippen LogP contribution in [0.5, 0.6) is 0 Å². The Labute approximate surface area is 89.4 Å². The van der Waals surface area contributed by atoms with Crippen LogP contribution in [0.25, 0.3) is 0 Å². The van der Waals surface area contributed by atoms with E-state index >= 15 is 0 Å². The molecule has 14 heavy (non-hydrogen) atoms. The van der Waals surface area contributed by atoms with E-state index in [-0.39, 0.29) is 0 Å². The van der Waals surface area contributed by atoms with Crippen LogP contribution < -0.4 is 11.5 Å². The van der Waals surface area contributed by atoms with Gasteiger partial charge in [-0.3, -0.25) is 0 Å². The summed E-state index contributed by atoms with van der Waals surface area (Å²) in [6.07, 6.45) is 3.60. The van der Waals surface area contributed by atoms with Gasteiger partial charge in [-0.15, -0.1) is 0 Å². The van der Waals surface area contributed by atoms with Gasteiger partial charge in [0.1, 0.15) is 0 Å². The Balaban J connectivity index is 4.47. The van der Waals surface area contributed by atoms with E-state index in [9.17, 15) is 0 Å². The maximum absolute atomic E-state index is 6.22. The summed E-state index contributed by atoms with van der Waals surface area (Å²) in [5, 5.41) is 0. The number of hydrogen-bond donors (Lipinski definition) is 2. The van der Waals surface area contributed by atoms with Gasteiger partial charge in [-0.05, 0) is 24.2 Å². The van der Waals surface area contributed by atoms with Gasteiger partial charge in [-0.2, -0.15) is 0 Å². The molecular weight excluding hydrogens is 172 g/mol. The summed E-state index contributed by atoms with van der Waals surface area (Å²) < 4.78 is 0. The zero-order chi connectivity index (χ0) is 11.4. The summed E-state index contributed by atoms with van der Waals surface area (Å²) >= 11 is 0. The van der Waals surface area contributed by atoms with E-state index in [1.165, 1.54) is 12.8 Å². The van der Waals surface area contributed by atoms with Crippen molar-refractivity contribution in [1.29, 1.82) is 0 Å². The Kier molecular flexibility index (Phi) is 5.68. The first-order chi connectivity index (χ1) is 6.34. The second-order valence-electron chi connectivity index (χ2n) is 5.15. The predicted octanol–water partition coefficient (Wildman–Crippen LogP) is 2.72. The van der Waals surface area contributed by atoms with Gasteiger partial charge in [0, 0.05) is 0 Å². The van der Waals surface area contributed by atoms with Crippen LogP contribution in [0.15, 0.2) is 0 Å². The van der Waals surface area contributed by atoms with Gasteiger partial charge in [0.05, 0.1) is 5.66 Å². The molecule has 4 N–H and O–H groups in total. The van der Waals surface area contributed by atoms with Crippen LogP contribution >= 0.6 is 0 Å². The molecule has 0 saturated heterocycles. The number of rotatable bonds is 6. The molecule has 0 aliphatic heterocycles. The summed E-state index contributed by atoms with van der Waals surface area (Å²) in [6, 6.07) is 0. The molecule has 0 heterocycles. The van der Waals surface area contributed by atoms with E-state index in [0.717, 1.165) is 6.42 Å². The lowest BCUT2D eigenvalue weighted by Gasteiger charge is -2.40. The Bertz CT molecular complexity index is 150. The average molecular weight is 200 g/mol. The summed E-state index contributed by atoms with van der Waals surface area (Å²) in [7, 11) is 0. The van der Waals surface area contributed by atoms with Crippen LogP contribution in [0.1, 0.15) is 53.9 Å². The van der Waals surface area contributed by atoms with Gasteiger partial charge in [0.15, 0.2) is 0 Å². The molecule has 0 aromatic carbocycles. The number of unbranched alkanes of at least 4 members (excludes halogenated alkanes) is 1. The van der Waals surface area contributed by atoms with Gasteiger partial charge in [0.2, 0.25) is 0 Å². The van der Waals surface area contributed by atoms with Gasteiger partial charge in [0.25, 0.3) is 0 Å². The average Bonchev–Trinajstić information content (AvgIpc) is 2.03. The standard InChI is InChI=1S/C12H28N2/c1-6-7-8-11(9(2)3)12(13,14)10(4)5/h9-11H,6-8,13-14H2,1-5H3. The van der Waals surface area contributed by atoms with Crippen LogP contribution in [-0.2, 0) is 0 Å². The van der Waals surface area contributed by atoms with E-state index in [0.29, 0.717) is 17.8 Å². The fourth-order valence-electron chi connectivity index (χ4n) is 2.01. The molecule has 0 aromatic rings. The van der Waals surface area contributed by atoms with Gasteiger partial charge in [-0.1, -0.05) is 47.5 Å². The van der Waals surface area contributed by atoms with Crippen molar-refractivity contribution in [2.45, 2.75) is 59.5 Å². The molecule has 2 heteroatoms. The van der Waals surface area contributed by atoms with E-state index in [1.54, 1.807) is 0 Å². The zero-order valence-corrected chi connectivity index (χ0v) is 10.5. The first-order valence-electron chi connectivity index (χ1n) is 5.91. The molecular formula is C12H28N2. The first kappa shape index (κ1) is 13.9. The van der Waals surface area contributed by atoms with Crippen molar-refractivity contribution in [3.63, 3.8) is 0 Å². The predicted molar refractivity (Wildman–Crippen MR) is 63.8 cm³/mol. The second-order valence-corrected chi connectivity index (χ2v) is 5.15. The minimum absolute atomic E-state index is 0.340. The van der Waals surface area contributed by atoms with Crippen molar-refractivity contribution in [3.05, 3.63) is 0 Å². The highest BCUT2D eigenvalue weighted by Crippen LogP contribution is 2.29. The molecule has 0 fully saturated rings. The Morgan fingerprint density at radius 1 is 1.07 bits per heavy atom. The SMILES string of the molecule is CCCCC(C(C)C)C(N)(N)C(C)C. The Morgan fingerprint density at radius 3 is 1.86 bits per heavy atom. The minimum atomic E-state index is -0.511. The fraction of sp³-hybridized carbons (Fsp3) is 1.00.